The van der Waals surface area contributed by atoms with E-state index in [1.807, 2.05) is 18.2 Å². The number of ether oxygens (including phenoxy) is 2. The van der Waals surface area contributed by atoms with Crippen molar-refractivity contribution in [1.29, 1.82) is 0 Å². The maximum absolute atomic E-state index is 6.22. The van der Waals surface area contributed by atoms with Crippen LogP contribution < -0.4 is 9.47 Å². The molecule has 0 radical (unpaired) electrons. The Kier molecular flexibility index (Phi) is 9.53. The highest BCUT2D eigenvalue weighted by molar-refractivity contribution is 7.12. The summed E-state index contributed by atoms with van der Waals surface area (Å²) in [6, 6.07) is 8.36. The van der Waals surface area contributed by atoms with Gasteiger partial charge in [0, 0.05) is 20.9 Å². The van der Waals surface area contributed by atoms with Crippen LogP contribution >= 0.6 is 11.3 Å². The number of benzene rings is 1. The summed E-state index contributed by atoms with van der Waals surface area (Å²) in [5.74, 6) is 3.17. The minimum Gasteiger partial charge on any atom is -0.496 e. The third-order valence-corrected chi connectivity index (χ3v) is 6.08. The molecule has 1 aromatic heterocycles. The van der Waals surface area contributed by atoms with E-state index in [4.69, 9.17) is 9.47 Å². The number of thiophene rings is 1. The van der Waals surface area contributed by atoms with E-state index in [0.717, 1.165) is 41.6 Å². The highest BCUT2D eigenvalue weighted by Crippen LogP contribution is 2.32. The van der Waals surface area contributed by atoms with Gasteiger partial charge in [-0.05, 0) is 61.6 Å². The van der Waals surface area contributed by atoms with Crippen molar-refractivity contribution >= 4 is 29.6 Å². The second kappa shape index (κ2) is 11.9. The highest BCUT2D eigenvalue weighted by Gasteiger charge is 2.10. The minimum absolute atomic E-state index is 0.680. The Morgan fingerprint density at radius 3 is 2.38 bits per heavy atom. The average molecular weight is 413 g/mol. The van der Waals surface area contributed by atoms with Crippen molar-refractivity contribution in [3.63, 3.8) is 0 Å². The summed E-state index contributed by atoms with van der Waals surface area (Å²) in [4.78, 5) is 2.55. The third kappa shape index (κ3) is 7.74. The SMILES string of the molecule is C=Cc1cc(OCCC(C)CCCC(C)C)c(C=Cc2ccc(C)s2)cc1OC. The standard InChI is InChI=1S/C26H36O2S/c1-7-22-17-26(28-16-15-20(4)10-8-9-19(2)3)23(18-25(22)27-6)12-14-24-13-11-21(5)29-24/h7,11-14,17-20H,1,8-10,15-16H2,2-6H3. The average Bonchev–Trinajstić information content (AvgIpc) is 3.11. The summed E-state index contributed by atoms with van der Waals surface area (Å²) < 4.78 is 11.8. The van der Waals surface area contributed by atoms with E-state index in [2.05, 4.69) is 58.6 Å². The van der Waals surface area contributed by atoms with Crippen molar-refractivity contribution in [3.05, 3.63) is 51.7 Å². The summed E-state index contributed by atoms with van der Waals surface area (Å²) in [5.41, 5.74) is 1.99. The lowest BCUT2D eigenvalue weighted by atomic mass is 9.98. The molecule has 158 valence electrons. The molecule has 0 saturated carbocycles. The fraction of sp³-hybridized carbons (Fsp3) is 0.462. The number of hydrogen-bond acceptors (Lipinski definition) is 3. The van der Waals surface area contributed by atoms with Crippen LogP contribution in [0.5, 0.6) is 11.5 Å². The fourth-order valence-electron chi connectivity index (χ4n) is 3.29. The van der Waals surface area contributed by atoms with E-state index < -0.39 is 0 Å². The van der Waals surface area contributed by atoms with Crippen LogP contribution in [0, 0.1) is 18.8 Å². The van der Waals surface area contributed by atoms with E-state index in [-0.39, 0.29) is 0 Å². The fourth-order valence-corrected chi connectivity index (χ4v) is 4.07. The van der Waals surface area contributed by atoms with Crippen LogP contribution in [0.2, 0.25) is 0 Å². The summed E-state index contributed by atoms with van der Waals surface area (Å²) in [6.45, 7) is 13.7. The summed E-state index contributed by atoms with van der Waals surface area (Å²) in [5, 5.41) is 0. The third-order valence-electron chi connectivity index (χ3n) is 5.12. The zero-order valence-corrected chi connectivity index (χ0v) is 19.5. The van der Waals surface area contributed by atoms with Gasteiger partial charge in [-0.2, -0.15) is 0 Å². The molecule has 0 aliphatic rings. The molecule has 2 aromatic rings. The van der Waals surface area contributed by atoms with Crippen LogP contribution in [-0.4, -0.2) is 13.7 Å². The Hall–Kier alpha value is -2.00. The van der Waals surface area contributed by atoms with Gasteiger partial charge in [0.25, 0.3) is 0 Å². The predicted molar refractivity (Wildman–Crippen MR) is 129 cm³/mol. The van der Waals surface area contributed by atoms with Gasteiger partial charge in [0.05, 0.1) is 13.7 Å². The molecule has 2 nitrogen and oxygen atoms in total. The molecule has 0 N–H and O–H groups in total. The first-order chi connectivity index (χ1) is 13.9. The molecule has 0 saturated heterocycles. The zero-order chi connectivity index (χ0) is 21.2. The molecule has 1 heterocycles. The van der Waals surface area contributed by atoms with Crippen molar-refractivity contribution in [1.82, 2.24) is 0 Å². The van der Waals surface area contributed by atoms with Gasteiger partial charge in [0.1, 0.15) is 11.5 Å². The van der Waals surface area contributed by atoms with Crippen molar-refractivity contribution in [2.24, 2.45) is 11.8 Å². The summed E-state index contributed by atoms with van der Waals surface area (Å²) in [6.07, 6.45) is 11.0. The van der Waals surface area contributed by atoms with E-state index in [9.17, 15) is 0 Å². The molecule has 3 heteroatoms. The van der Waals surface area contributed by atoms with Gasteiger partial charge in [-0.25, -0.2) is 0 Å². The molecule has 0 fully saturated rings. The molecule has 0 aliphatic carbocycles. The first-order valence-corrected chi connectivity index (χ1v) is 11.5. The lowest BCUT2D eigenvalue weighted by Gasteiger charge is -2.16. The Morgan fingerprint density at radius 1 is 1.00 bits per heavy atom. The minimum atomic E-state index is 0.680. The first-order valence-electron chi connectivity index (χ1n) is 10.6. The Bertz CT molecular complexity index is 801. The van der Waals surface area contributed by atoms with Crippen LogP contribution in [0.4, 0.5) is 0 Å². The van der Waals surface area contributed by atoms with Crippen LogP contribution in [0.1, 0.15) is 67.3 Å². The molecule has 0 bridgehead atoms. The second-order valence-corrected chi connectivity index (χ2v) is 9.50. The monoisotopic (exact) mass is 412 g/mol. The van der Waals surface area contributed by atoms with Crippen molar-refractivity contribution < 1.29 is 9.47 Å². The Labute approximate surface area is 181 Å². The molecule has 1 atom stereocenters. The van der Waals surface area contributed by atoms with Gasteiger partial charge in [0.2, 0.25) is 0 Å². The van der Waals surface area contributed by atoms with Crippen molar-refractivity contribution in [2.75, 3.05) is 13.7 Å². The van der Waals surface area contributed by atoms with Crippen molar-refractivity contribution in [2.45, 2.75) is 53.4 Å². The maximum atomic E-state index is 6.22. The van der Waals surface area contributed by atoms with Gasteiger partial charge >= 0.3 is 0 Å². The number of rotatable bonds is 12. The molecular formula is C26H36O2S. The van der Waals surface area contributed by atoms with Gasteiger partial charge in [-0.15, -0.1) is 11.3 Å². The Balaban J connectivity index is 2.07. The lowest BCUT2D eigenvalue weighted by molar-refractivity contribution is 0.275. The van der Waals surface area contributed by atoms with E-state index >= 15 is 0 Å². The van der Waals surface area contributed by atoms with Crippen LogP contribution in [0.3, 0.4) is 0 Å². The molecule has 0 aliphatic heterocycles. The lowest BCUT2D eigenvalue weighted by Crippen LogP contribution is -2.06. The van der Waals surface area contributed by atoms with Gasteiger partial charge in [-0.1, -0.05) is 52.7 Å². The molecule has 29 heavy (non-hydrogen) atoms. The highest BCUT2D eigenvalue weighted by atomic mass is 32.1. The normalized spacial score (nSPS) is 12.5. The molecular weight excluding hydrogens is 376 g/mol. The largest absolute Gasteiger partial charge is 0.496 e. The quantitative estimate of drug-likeness (QED) is 0.350. The predicted octanol–water partition coefficient (Wildman–Crippen LogP) is 8.11. The second-order valence-electron chi connectivity index (χ2n) is 8.18. The van der Waals surface area contributed by atoms with Gasteiger partial charge in [0.15, 0.2) is 0 Å². The summed E-state index contributed by atoms with van der Waals surface area (Å²) in [7, 11) is 1.69. The van der Waals surface area contributed by atoms with Crippen LogP contribution in [-0.2, 0) is 0 Å². The molecule has 2 rings (SSSR count). The van der Waals surface area contributed by atoms with Crippen LogP contribution in [0.25, 0.3) is 18.2 Å². The van der Waals surface area contributed by atoms with E-state index in [1.165, 1.54) is 29.0 Å². The first kappa shape index (κ1) is 23.3. The number of hydrogen-bond donors (Lipinski definition) is 0. The van der Waals surface area contributed by atoms with E-state index in [1.54, 1.807) is 18.4 Å². The molecule has 0 amide bonds. The Morgan fingerprint density at radius 2 is 1.76 bits per heavy atom. The smallest absolute Gasteiger partial charge is 0.127 e. The van der Waals surface area contributed by atoms with Gasteiger partial charge < -0.3 is 9.47 Å². The molecule has 1 unspecified atom stereocenters. The van der Waals surface area contributed by atoms with Crippen LogP contribution in [0.15, 0.2) is 30.8 Å². The maximum Gasteiger partial charge on any atom is 0.127 e. The topological polar surface area (TPSA) is 18.5 Å². The number of methoxy groups -OCH3 is 1. The van der Waals surface area contributed by atoms with Crippen molar-refractivity contribution in [3.8, 4) is 11.5 Å². The van der Waals surface area contributed by atoms with E-state index in [0.29, 0.717) is 5.92 Å². The zero-order valence-electron chi connectivity index (χ0n) is 18.7. The molecule has 0 spiro atoms. The number of aryl methyl sites for hydroxylation is 1. The summed E-state index contributed by atoms with van der Waals surface area (Å²) >= 11 is 1.79. The van der Waals surface area contributed by atoms with Gasteiger partial charge in [-0.3, -0.25) is 0 Å². The molecule has 1 aromatic carbocycles.